The smallest absolute Gasteiger partial charge is 0.0705 e. The van der Waals surface area contributed by atoms with Crippen LogP contribution in [-0.4, -0.2) is 36.1 Å². The van der Waals surface area contributed by atoms with Crippen LogP contribution in [0.1, 0.15) is 18.4 Å². The van der Waals surface area contributed by atoms with Crippen molar-refractivity contribution >= 4 is 10.9 Å². The number of pyridine rings is 1. The molecule has 3 rings (SSSR count). The van der Waals surface area contributed by atoms with Gasteiger partial charge in [-0.25, -0.2) is 0 Å². The minimum Gasteiger partial charge on any atom is -0.311 e. The Hall–Kier alpha value is -1.45. The molecule has 0 bridgehead atoms. The first-order valence-corrected chi connectivity index (χ1v) is 7.19. The monoisotopic (exact) mass is 255 g/mol. The van der Waals surface area contributed by atoms with Gasteiger partial charge < -0.3 is 10.2 Å². The first-order valence-electron chi connectivity index (χ1n) is 7.19. The van der Waals surface area contributed by atoms with E-state index in [0.29, 0.717) is 0 Å². The van der Waals surface area contributed by atoms with Crippen LogP contribution in [0, 0.1) is 0 Å². The quantitative estimate of drug-likeness (QED) is 0.832. The van der Waals surface area contributed by atoms with E-state index in [4.69, 9.17) is 0 Å². The van der Waals surface area contributed by atoms with Crippen molar-refractivity contribution in [3.63, 3.8) is 0 Å². The molecule has 2 heterocycles. The highest BCUT2D eigenvalue weighted by Crippen LogP contribution is 2.16. The molecule has 1 aromatic carbocycles. The first kappa shape index (κ1) is 12.6. The third kappa shape index (κ3) is 3.11. The average molecular weight is 255 g/mol. The van der Waals surface area contributed by atoms with Gasteiger partial charge in [0, 0.05) is 31.2 Å². The molecule has 1 aliphatic heterocycles. The van der Waals surface area contributed by atoms with E-state index < -0.39 is 0 Å². The van der Waals surface area contributed by atoms with Crippen molar-refractivity contribution in [1.82, 2.24) is 15.2 Å². The summed E-state index contributed by atoms with van der Waals surface area (Å²) in [6.45, 7) is 5.72. The maximum absolute atomic E-state index is 4.40. The van der Waals surface area contributed by atoms with Crippen LogP contribution in [0.5, 0.6) is 0 Å². The second-order valence-electron chi connectivity index (χ2n) is 5.21. The second kappa shape index (κ2) is 6.13. The highest BCUT2D eigenvalue weighted by Gasteiger charge is 2.10. The Kier molecular flexibility index (Phi) is 4.06. The summed E-state index contributed by atoms with van der Waals surface area (Å²) in [4.78, 5) is 6.94. The van der Waals surface area contributed by atoms with Crippen LogP contribution < -0.4 is 5.32 Å². The van der Waals surface area contributed by atoms with E-state index in [2.05, 4.69) is 39.5 Å². The van der Waals surface area contributed by atoms with Crippen molar-refractivity contribution in [3.05, 3.63) is 42.1 Å². The second-order valence-corrected chi connectivity index (χ2v) is 5.21. The number of rotatable bonds is 5. The van der Waals surface area contributed by atoms with E-state index in [-0.39, 0.29) is 0 Å². The predicted molar refractivity (Wildman–Crippen MR) is 79.1 cm³/mol. The molecule has 3 heteroatoms. The molecule has 1 saturated heterocycles. The van der Waals surface area contributed by atoms with Crippen LogP contribution in [0.2, 0.25) is 0 Å². The minimum absolute atomic E-state index is 0.927. The summed E-state index contributed by atoms with van der Waals surface area (Å²) in [7, 11) is 0. The van der Waals surface area contributed by atoms with Gasteiger partial charge in [-0.2, -0.15) is 0 Å². The highest BCUT2D eigenvalue weighted by molar-refractivity contribution is 5.81. The molecule has 0 aliphatic carbocycles. The molecular formula is C16H21N3. The van der Waals surface area contributed by atoms with E-state index in [1.54, 1.807) is 0 Å². The maximum atomic E-state index is 4.40. The normalized spacial score (nSPS) is 16.2. The molecule has 1 fully saturated rings. The van der Waals surface area contributed by atoms with Crippen molar-refractivity contribution in [2.24, 2.45) is 0 Å². The predicted octanol–water partition coefficient (Wildman–Crippen LogP) is 2.42. The number of hydrogen-bond donors (Lipinski definition) is 1. The van der Waals surface area contributed by atoms with Crippen LogP contribution in [0.3, 0.4) is 0 Å². The van der Waals surface area contributed by atoms with Crippen LogP contribution in [0.15, 0.2) is 36.5 Å². The lowest BCUT2D eigenvalue weighted by atomic mass is 10.1. The van der Waals surface area contributed by atoms with Gasteiger partial charge in [-0.05, 0) is 43.6 Å². The lowest BCUT2D eigenvalue weighted by Gasteiger charge is -2.15. The fourth-order valence-corrected chi connectivity index (χ4v) is 2.79. The van der Waals surface area contributed by atoms with Gasteiger partial charge >= 0.3 is 0 Å². The van der Waals surface area contributed by atoms with Crippen LogP contribution in [0.4, 0.5) is 0 Å². The Morgan fingerprint density at radius 2 is 2.00 bits per heavy atom. The molecule has 2 aromatic rings. The maximum Gasteiger partial charge on any atom is 0.0705 e. The van der Waals surface area contributed by atoms with Gasteiger partial charge in [-0.1, -0.05) is 18.2 Å². The summed E-state index contributed by atoms with van der Waals surface area (Å²) in [6, 6.07) is 10.5. The number of fused-ring (bicyclic) bond motifs is 1. The Morgan fingerprint density at radius 1 is 1.11 bits per heavy atom. The zero-order valence-corrected chi connectivity index (χ0v) is 11.3. The number of likely N-dealkylation sites (tertiary alicyclic amines) is 1. The van der Waals surface area contributed by atoms with E-state index in [0.717, 1.165) is 18.6 Å². The van der Waals surface area contributed by atoms with Gasteiger partial charge in [0.15, 0.2) is 0 Å². The number of nitrogens with one attached hydrogen (secondary N) is 1. The van der Waals surface area contributed by atoms with Crippen LogP contribution in [0.25, 0.3) is 10.9 Å². The fraction of sp³-hybridized carbons (Fsp3) is 0.438. The minimum atomic E-state index is 0.927. The largest absolute Gasteiger partial charge is 0.311 e. The fourth-order valence-electron chi connectivity index (χ4n) is 2.79. The van der Waals surface area contributed by atoms with Crippen molar-refractivity contribution in [2.45, 2.75) is 19.4 Å². The summed E-state index contributed by atoms with van der Waals surface area (Å²) >= 11 is 0. The summed E-state index contributed by atoms with van der Waals surface area (Å²) in [5, 5.41) is 4.81. The molecule has 0 amide bonds. The Balaban J connectivity index is 1.56. The van der Waals surface area contributed by atoms with Crippen molar-refractivity contribution in [2.75, 3.05) is 26.2 Å². The third-order valence-electron chi connectivity index (χ3n) is 3.85. The van der Waals surface area contributed by atoms with Crippen molar-refractivity contribution < 1.29 is 0 Å². The Bertz CT molecular complexity index is 527. The van der Waals surface area contributed by atoms with Crippen molar-refractivity contribution in [1.29, 1.82) is 0 Å². The van der Waals surface area contributed by atoms with Crippen molar-refractivity contribution in [3.8, 4) is 0 Å². The summed E-state index contributed by atoms with van der Waals surface area (Å²) in [5.41, 5.74) is 2.42. The Morgan fingerprint density at radius 3 is 2.89 bits per heavy atom. The number of nitrogens with zero attached hydrogens (tertiary/aromatic N) is 2. The third-order valence-corrected chi connectivity index (χ3v) is 3.85. The molecule has 0 radical (unpaired) electrons. The first-order chi connectivity index (χ1) is 9.43. The average Bonchev–Trinajstić information content (AvgIpc) is 2.97. The zero-order chi connectivity index (χ0) is 12.9. The molecule has 3 nitrogen and oxygen atoms in total. The van der Waals surface area contributed by atoms with Gasteiger partial charge in [-0.3, -0.25) is 4.98 Å². The summed E-state index contributed by atoms with van der Waals surface area (Å²) in [6.07, 6.45) is 4.59. The molecule has 0 unspecified atom stereocenters. The van der Waals surface area contributed by atoms with Gasteiger partial charge in [-0.15, -0.1) is 0 Å². The van der Waals surface area contributed by atoms with Crippen LogP contribution in [-0.2, 0) is 6.54 Å². The molecule has 1 N–H and O–H groups in total. The van der Waals surface area contributed by atoms with E-state index in [9.17, 15) is 0 Å². The molecule has 0 saturated carbocycles. The van der Waals surface area contributed by atoms with Gasteiger partial charge in [0.2, 0.25) is 0 Å². The molecule has 0 atom stereocenters. The lowest BCUT2D eigenvalue weighted by Crippen LogP contribution is -2.29. The van der Waals surface area contributed by atoms with E-state index >= 15 is 0 Å². The summed E-state index contributed by atoms with van der Waals surface area (Å²) in [5.74, 6) is 0. The molecular weight excluding hydrogens is 234 g/mol. The molecule has 1 aliphatic rings. The highest BCUT2D eigenvalue weighted by atomic mass is 15.1. The van der Waals surface area contributed by atoms with Crippen LogP contribution >= 0.6 is 0 Å². The molecule has 1 aromatic heterocycles. The zero-order valence-electron chi connectivity index (χ0n) is 11.3. The van der Waals surface area contributed by atoms with Gasteiger partial charge in [0.05, 0.1) is 5.52 Å². The van der Waals surface area contributed by atoms with E-state index in [1.807, 2.05) is 12.3 Å². The molecule has 0 spiro atoms. The van der Waals surface area contributed by atoms with Gasteiger partial charge in [0.1, 0.15) is 0 Å². The number of aromatic nitrogens is 1. The standard InChI is InChI=1S/C16H21N3/c1-2-11-19(10-1)12-9-17-13-14-5-3-7-16-15(14)6-4-8-18-16/h3-8,17H,1-2,9-13H2. The Labute approximate surface area is 114 Å². The SMILES string of the molecule is c1cc(CNCCN2CCCC2)c2cccnc2c1. The number of benzene rings is 1. The topological polar surface area (TPSA) is 28.2 Å². The van der Waals surface area contributed by atoms with Gasteiger partial charge in [0.25, 0.3) is 0 Å². The number of hydrogen-bond acceptors (Lipinski definition) is 3. The summed E-state index contributed by atoms with van der Waals surface area (Å²) < 4.78 is 0. The molecule has 100 valence electrons. The van der Waals surface area contributed by atoms with E-state index in [1.165, 1.54) is 43.4 Å². The lowest BCUT2D eigenvalue weighted by molar-refractivity contribution is 0.336. The molecule has 19 heavy (non-hydrogen) atoms.